The minimum absolute atomic E-state index is 0.0260. The van der Waals surface area contributed by atoms with Crippen LogP contribution in [0.15, 0.2) is 12.4 Å². The van der Waals surface area contributed by atoms with Crippen molar-refractivity contribution in [1.29, 1.82) is 0 Å². The zero-order valence-electron chi connectivity index (χ0n) is 10.9. The summed E-state index contributed by atoms with van der Waals surface area (Å²) >= 11 is 5.80. The first-order valence-corrected chi connectivity index (χ1v) is 6.27. The molecule has 0 aromatic carbocycles. The van der Waals surface area contributed by atoms with Crippen molar-refractivity contribution in [2.45, 2.75) is 25.6 Å². The first-order chi connectivity index (χ1) is 8.50. The lowest BCUT2D eigenvalue weighted by atomic mass is 10.1. The Morgan fingerprint density at radius 2 is 2.17 bits per heavy atom. The molecule has 0 aliphatic carbocycles. The van der Waals surface area contributed by atoms with Crippen molar-refractivity contribution in [1.82, 2.24) is 9.97 Å². The minimum atomic E-state index is -0.246. The zero-order chi connectivity index (χ0) is 13.2. The van der Waals surface area contributed by atoms with Crippen LogP contribution in [0.4, 0.5) is 5.95 Å². The summed E-state index contributed by atoms with van der Waals surface area (Å²) in [6, 6.07) is 0. The van der Waals surface area contributed by atoms with E-state index in [0.29, 0.717) is 17.6 Å². The molecule has 0 unspecified atom stereocenters. The van der Waals surface area contributed by atoms with Gasteiger partial charge in [0, 0.05) is 20.2 Å². The van der Waals surface area contributed by atoms with Gasteiger partial charge in [0.2, 0.25) is 5.95 Å². The molecule has 1 aliphatic rings. The van der Waals surface area contributed by atoms with E-state index in [-0.39, 0.29) is 11.7 Å². The number of anilines is 1. The maximum absolute atomic E-state index is 5.94. The van der Waals surface area contributed by atoms with Crippen molar-refractivity contribution in [3.05, 3.63) is 17.4 Å². The van der Waals surface area contributed by atoms with Gasteiger partial charge in [-0.2, -0.15) is 0 Å². The molecule has 2 rings (SSSR count). The molecular weight excluding hydrogens is 254 g/mol. The van der Waals surface area contributed by atoms with Crippen molar-refractivity contribution in [3.63, 3.8) is 0 Å². The predicted molar refractivity (Wildman–Crippen MR) is 70.1 cm³/mol. The van der Waals surface area contributed by atoms with Crippen molar-refractivity contribution >= 4 is 17.5 Å². The van der Waals surface area contributed by atoms with Crippen molar-refractivity contribution in [2.24, 2.45) is 0 Å². The van der Waals surface area contributed by atoms with E-state index in [9.17, 15) is 0 Å². The Morgan fingerprint density at radius 3 is 2.78 bits per heavy atom. The van der Waals surface area contributed by atoms with E-state index >= 15 is 0 Å². The summed E-state index contributed by atoms with van der Waals surface area (Å²) in [7, 11) is 1.67. The van der Waals surface area contributed by atoms with Gasteiger partial charge in [-0.15, -0.1) is 0 Å². The maximum atomic E-state index is 5.94. The van der Waals surface area contributed by atoms with Crippen LogP contribution in [0.2, 0.25) is 5.02 Å². The average molecular weight is 272 g/mol. The van der Waals surface area contributed by atoms with Gasteiger partial charge in [-0.3, -0.25) is 0 Å². The summed E-state index contributed by atoms with van der Waals surface area (Å²) in [5.74, 6) is 0.678. The molecule has 1 fully saturated rings. The molecule has 1 aromatic rings. The molecule has 0 N–H and O–H groups in total. The monoisotopic (exact) mass is 271 g/mol. The third kappa shape index (κ3) is 3.31. The number of methoxy groups -OCH3 is 1. The first-order valence-electron chi connectivity index (χ1n) is 5.89. The molecule has 5 nitrogen and oxygen atoms in total. The van der Waals surface area contributed by atoms with Gasteiger partial charge in [0.1, 0.15) is 0 Å². The Labute approximate surface area is 112 Å². The lowest BCUT2D eigenvalue weighted by Crippen LogP contribution is -2.54. The number of hydrogen-bond donors (Lipinski definition) is 0. The fraction of sp³-hybridized carbons (Fsp3) is 0.667. The molecule has 1 atom stereocenters. The van der Waals surface area contributed by atoms with Crippen LogP contribution in [0.1, 0.15) is 13.8 Å². The zero-order valence-corrected chi connectivity index (χ0v) is 11.6. The molecular formula is C12H18ClN3O2. The van der Waals surface area contributed by atoms with Crippen molar-refractivity contribution < 1.29 is 9.47 Å². The second kappa shape index (κ2) is 5.38. The molecule has 1 saturated heterocycles. The van der Waals surface area contributed by atoms with E-state index in [4.69, 9.17) is 21.1 Å². The highest BCUT2D eigenvalue weighted by Crippen LogP contribution is 2.24. The highest BCUT2D eigenvalue weighted by atomic mass is 35.5. The lowest BCUT2D eigenvalue weighted by molar-refractivity contribution is -0.106. The number of hydrogen-bond acceptors (Lipinski definition) is 5. The Kier molecular flexibility index (Phi) is 4.04. The molecule has 0 bridgehead atoms. The van der Waals surface area contributed by atoms with E-state index in [0.717, 1.165) is 13.1 Å². The van der Waals surface area contributed by atoms with E-state index < -0.39 is 0 Å². The van der Waals surface area contributed by atoms with Crippen LogP contribution >= 0.6 is 11.6 Å². The number of aromatic nitrogens is 2. The average Bonchev–Trinajstić information content (AvgIpc) is 2.28. The largest absolute Gasteiger partial charge is 0.382 e. The predicted octanol–water partition coefficient (Wildman–Crippen LogP) is 1.76. The quantitative estimate of drug-likeness (QED) is 0.838. The fourth-order valence-corrected chi connectivity index (χ4v) is 2.29. The van der Waals surface area contributed by atoms with Crippen LogP contribution < -0.4 is 4.90 Å². The second-order valence-electron chi connectivity index (χ2n) is 5.04. The Balaban J connectivity index is 2.14. The molecule has 0 amide bonds. The number of halogens is 1. The molecule has 0 saturated carbocycles. The Bertz CT molecular complexity index is 397. The molecule has 1 aromatic heterocycles. The van der Waals surface area contributed by atoms with Crippen LogP contribution in [-0.4, -0.2) is 48.5 Å². The van der Waals surface area contributed by atoms with Crippen LogP contribution in [0.25, 0.3) is 0 Å². The van der Waals surface area contributed by atoms with E-state index in [1.165, 1.54) is 0 Å². The Morgan fingerprint density at radius 1 is 1.50 bits per heavy atom. The minimum Gasteiger partial charge on any atom is -0.382 e. The van der Waals surface area contributed by atoms with E-state index in [1.54, 1.807) is 19.5 Å². The SMILES string of the molecule is COC[C@H]1CN(c2ncc(Cl)cn2)CC(C)(C)O1. The summed E-state index contributed by atoms with van der Waals surface area (Å²) in [6.07, 6.45) is 3.24. The molecule has 100 valence electrons. The van der Waals surface area contributed by atoms with Crippen LogP contribution in [-0.2, 0) is 9.47 Å². The van der Waals surface area contributed by atoms with Crippen LogP contribution in [0, 0.1) is 0 Å². The summed E-state index contributed by atoms with van der Waals surface area (Å²) < 4.78 is 11.1. The van der Waals surface area contributed by atoms with Gasteiger partial charge < -0.3 is 14.4 Å². The van der Waals surface area contributed by atoms with Crippen molar-refractivity contribution in [2.75, 3.05) is 31.7 Å². The van der Waals surface area contributed by atoms with E-state index in [1.807, 2.05) is 0 Å². The lowest BCUT2D eigenvalue weighted by Gasteiger charge is -2.42. The number of ether oxygens (including phenoxy) is 2. The standard InChI is InChI=1S/C12H18ClN3O2/c1-12(2)8-16(6-10(18-12)7-17-3)11-14-4-9(13)5-15-11/h4-5,10H,6-8H2,1-3H3/t10-/m1/s1. The van der Waals surface area contributed by atoms with Crippen LogP contribution in [0.5, 0.6) is 0 Å². The smallest absolute Gasteiger partial charge is 0.225 e. The molecule has 0 spiro atoms. The summed E-state index contributed by atoms with van der Waals surface area (Å²) in [5.41, 5.74) is -0.246. The molecule has 0 radical (unpaired) electrons. The van der Waals surface area contributed by atoms with Gasteiger partial charge in [-0.25, -0.2) is 9.97 Å². The van der Waals surface area contributed by atoms with Gasteiger partial charge in [0.15, 0.2) is 0 Å². The number of morpholine rings is 1. The summed E-state index contributed by atoms with van der Waals surface area (Å²) in [6.45, 7) is 6.14. The third-order valence-electron chi connectivity index (χ3n) is 2.72. The Hall–Kier alpha value is -0.910. The third-order valence-corrected chi connectivity index (χ3v) is 2.92. The molecule has 1 aliphatic heterocycles. The first kappa shape index (κ1) is 13.5. The van der Waals surface area contributed by atoms with Gasteiger partial charge >= 0.3 is 0 Å². The van der Waals surface area contributed by atoms with Gasteiger partial charge in [-0.05, 0) is 13.8 Å². The maximum Gasteiger partial charge on any atom is 0.225 e. The molecule has 2 heterocycles. The molecule has 18 heavy (non-hydrogen) atoms. The summed E-state index contributed by atoms with van der Waals surface area (Å²) in [5, 5.41) is 0.541. The van der Waals surface area contributed by atoms with Gasteiger partial charge in [0.25, 0.3) is 0 Å². The normalized spacial score (nSPS) is 23.1. The highest BCUT2D eigenvalue weighted by Gasteiger charge is 2.34. The van der Waals surface area contributed by atoms with Crippen molar-refractivity contribution in [3.8, 4) is 0 Å². The highest BCUT2D eigenvalue weighted by molar-refractivity contribution is 6.30. The summed E-state index contributed by atoms with van der Waals surface area (Å²) in [4.78, 5) is 10.6. The second-order valence-corrected chi connectivity index (χ2v) is 5.47. The molecule has 6 heteroatoms. The topological polar surface area (TPSA) is 47.5 Å². The van der Waals surface area contributed by atoms with Gasteiger partial charge in [-0.1, -0.05) is 11.6 Å². The van der Waals surface area contributed by atoms with Gasteiger partial charge in [0.05, 0.1) is 35.7 Å². The van der Waals surface area contributed by atoms with E-state index in [2.05, 4.69) is 28.7 Å². The number of rotatable bonds is 3. The van der Waals surface area contributed by atoms with Crippen LogP contribution in [0.3, 0.4) is 0 Å². The number of nitrogens with zero attached hydrogens (tertiary/aromatic N) is 3. The fourth-order valence-electron chi connectivity index (χ4n) is 2.19.